The highest BCUT2D eigenvalue weighted by Crippen LogP contribution is 2.40. The molecule has 0 fully saturated rings. The first kappa shape index (κ1) is 24.1. The number of aliphatic hydroxyl groups is 1. The van der Waals surface area contributed by atoms with Crippen LogP contribution >= 0.6 is 0 Å². The van der Waals surface area contributed by atoms with E-state index in [2.05, 4.69) is 10.3 Å². The first-order valence-corrected chi connectivity index (χ1v) is 12.1. The first-order valence-electron chi connectivity index (χ1n) is 12.1. The maximum absolute atomic E-state index is 13.4. The number of fused-ring (bicyclic) bond motifs is 5. The topological polar surface area (TPSA) is 127 Å². The number of cyclic esters (lactones) is 1. The summed E-state index contributed by atoms with van der Waals surface area (Å²) in [5.41, 5.74) is 2.38. The summed E-state index contributed by atoms with van der Waals surface area (Å²) >= 11 is 0. The zero-order valence-corrected chi connectivity index (χ0v) is 20.8. The van der Waals surface area contributed by atoms with Crippen LogP contribution in [0, 0.1) is 0 Å². The number of nitrogens with zero attached hydrogens (tertiary/aromatic N) is 4. The van der Waals surface area contributed by atoms with Gasteiger partial charge in [0.05, 0.1) is 35.2 Å². The van der Waals surface area contributed by atoms with E-state index >= 15 is 0 Å². The second-order valence-corrected chi connectivity index (χ2v) is 9.52. The van der Waals surface area contributed by atoms with Crippen LogP contribution in [0.2, 0.25) is 0 Å². The van der Waals surface area contributed by atoms with Gasteiger partial charge in [-0.3, -0.25) is 9.59 Å². The van der Waals surface area contributed by atoms with E-state index in [9.17, 15) is 19.5 Å². The third-order valence-electron chi connectivity index (χ3n) is 7.12. The Hall–Kier alpha value is -3.63. The van der Waals surface area contributed by atoms with Gasteiger partial charge in [0, 0.05) is 29.6 Å². The number of esters is 1. The number of aromatic nitrogens is 3. The minimum absolute atomic E-state index is 0.0866. The number of hydrogen-bond acceptors (Lipinski definition) is 8. The molecule has 10 nitrogen and oxygen atoms in total. The highest BCUT2D eigenvalue weighted by Gasteiger charge is 2.45. The molecule has 0 saturated carbocycles. The van der Waals surface area contributed by atoms with Crippen molar-refractivity contribution in [1.82, 2.24) is 24.8 Å². The Kier molecular flexibility index (Phi) is 5.88. The number of nitrogens with one attached hydrogen (secondary N) is 1. The van der Waals surface area contributed by atoms with Crippen LogP contribution in [0.15, 0.2) is 23.1 Å². The maximum Gasteiger partial charge on any atom is 0.343 e. The molecular formula is C26H29N5O5. The molecule has 0 aliphatic carbocycles. The minimum atomic E-state index is -1.87. The molecule has 2 aliphatic rings. The van der Waals surface area contributed by atoms with Crippen molar-refractivity contribution >= 4 is 22.8 Å². The molecule has 0 saturated heterocycles. The second kappa shape index (κ2) is 8.79. The van der Waals surface area contributed by atoms with E-state index in [1.165, 1.54) is 0 Å². The standard InChI is InChI=1S/C26H29N5O5/c1-5-14-15-9-19(23(32)27-7-8-30(3)4)28-11-20(15)29-22-16(14)12-31-21(22)10-18-17(24(31)33)13-36-25(34)26(18,35)6-2/h9-11,35H,5-8,12-13H2,1-4H3,(H,27,32)/t26-/m0/s1. The van der Waals surface area contributed by atoms with Crippen LogP contribution in [0.4, 0.5) is 0 Å². The average Bonchev–Trinajstić information content (AvgIpc) is 3.23. The zero-order chi connectivity index (χ0) is 25.8. The molecule has 10 heteroatoms. The Bertz CT molecular complexity index is 1480. The lowest BCUT2D eigenvalue weighted by Gasteiger charge is -2.31. The number of hydrogen-bond donors (Lipinski definition) is 2. The van der Waals surface area contributed by atoms with Gasteiger partial charge in [0.25, 0.3) is 11.5 Å². The van der Waals surface area contributed by atoms with Crippen LogP contribution in [0.3, 0.4) is 0 Å². The Labute approximate surface area is 207 Å². The molecule has 188 valence electrons. The third kappa shape index (κ3) is 3.59. The van der Waals surface area contributed by atoms with Gasteiger partial charge in [-0.1, -0.05) is 13.8 Å². The van der Waals surface area contributed by atoms with Crippen molar-refractivity contribution in [1.29, 1.82) is 0 Å². The predicted molar refractivity (Wildman–Crippen MR) is 133 cm³/mol. The van der Waals surface area contributed by atoms with Crippen LogP contribution in [-0.4, -0.2) is 63.6 Å². The van der Waals surface area contributed by atoms with Crippen LogP contribution in [-0.2, 0) is 34.7 Å². The van der Waals surface area contributed by atoms with Gasteiger partial charge in [-0.05, 0) is 44.6 Å². The van der Waals surface area contributed by atoms with Gasteiger partial charge in [-0.25, -0.2) is 14.8 Å². The SMILES string of the molecule is CCc1c2c(nc3cnc(C(=O)NCCN(C)C)cc13)-c1cc3c(c(=O)n1C2)COC(=O)[C@]3(O)CC. The molecule has 0 spiro atoms. The van der Waals surface area contributed by atoms with Gasteiger partial charge >= 0.3 is 5.97 Å². The minimum Gasteiger partial charge on any atom is -0.458 e. The molecule has 5 rings (SSSR count). The summed E-state index contributed by atoms with van der Waals surface area (Å²) in [6.07, 6.45) is 2.33. The molecule has 5 heterocycles. The lowest BCUT2D eigenvalue weighted by molar-refractivity contribution is -0.172. The van der Waals surface area contributed by atoms with E-state index in [-0.39, 0.29) is 35.6 Å². The summed E-state index contributed by atoms with van der Waals surface area (Å²) in [4.78, 5) is 49.6. The van der Waals surface area contributed by atoms with Crippen molar-refractivity contribution in [3.8, 4) is 11.4 Å². The lowest BCUT2D eigenvalue weighted by atomic mass is 9.86. The fraction of sp³-hybridized carbons (Fsp3) is 0.423. The summed E-state index contributed by atoms with van der Waals surface area (Å²) in [5.74, 6) is -1.00. The van der Waals surface area contributed by atoms with Crippen molar-refractivity contribution in [3.63, 3.8) is 0 Å². The van der Waals surface area contributed by atoms with Gasteiger partial charge in [0.1, 0.15) is 12.3 Å². The number of rotatable bonds is 6. The number of amides is 1. The van der Waals surface area contributed by atoms with Crippen LogP contribution < -0.4 is 10.9 Å². The van der Waals surface area contributed by atoms with E-state index in [4.69, 9.17) is 9.72 Å². The predicted octanol–water partition coefficient (Wildman–Crippen LogP) is 1.33. The van der Waals surface area contributed by atoms with Crippen molar-refractivity contribution in [2.24, 2.45) is 0 Å². The van der Waals surface area contributed by atoms with Crippen LogP contribution in [0.5, 0.6) is 0 Å². The molecule has 3 aromatic heterocycles. The number of carbonyl (C=O) groups is 2. The van der Waals surface area contributed by atoms with Gasteiger partial charge in [-0.2, -0.15) is 0 Å². The highest BCUT2D eigenvalue weighted by molar-refractivity contribution is 5.97. The summed E-state index contributed by atoms with van der Waals surface area (Å²) in [7, 11) is 3.88. The largest absolute Gasteiger partial charge is 0.458 e. The van der Waals surface area contributed by atoms with Gasteiger partial charge in [0.15, 0.2) is 5.60 Å². The number of carbonyl (C=O) groups excluding carboxylic acids is 2. The van der Waals surface area contributed by atoms with Gasteiger partial charge in [0.2, 0.25) is 0 Å². The summed E-state index contributed by atoms with van der Waals surface area (Å²) in [6.45, 7) is 5.07. The van der Waals surface area contributed by atoms with E-state index in [0.717, 1.165) is 23.1 Å². The first-order chi connectivity index (χ1) is 17.2. The van der Waals surface area contributed by atoms with Crippen LogP contribution in [0.25, 0.3) is 22.3 Å². The molecule has 0 unspecified atom stereocenters. The quantitative estimate of drug-likeness (QED) is 0.387. The molecule has 36 heavy (non-hydrogen) atoms. The Morgan fingerprint density at radius 1 is 1.25 bits per heavy atom. The number of pyridine rings is 3. The number of ether oxygens (including phenoxy) is 1. The molecule has 2 N–H and O–H groups in total. The molecular weight excluding hydrogens is 462 g/mol. The van der Waals surface area contributed by atoms with Gasteiger partial charge in [-0.15, -0.1) is 0 Å². The van der Waals surface area contributed by atoms with Crippen molar-refractivity contribution in [3.05, 3.63) is 56.6 Å². The van der Waals surface area contributed by atoms with Crippen LogP contribution in [0.1, 0.15) is 53.0 Å². The fourth-order valence-corrected chi connectivity index (χ4v) is 5.08. The van der Waals surface area contributed by atoms with E-state index in [1.54, 1.807) is 29.8 Å². The highest BCUT2D eigenvalue weighted by atomic mass is 16.6. The fourth-order valence-electron chi connectivity index (χ4n) is 5.08. The molecule has 0 aromatic carbocycles. The third-order valence-corrected chi connectivity index (χ3v) is 7.12. The molecule has 1 amide bonds. The Balaban J connectivity index is 1.62. The monoisotopic (exact) mass is 491 g/mol. The summed E-state index contributed by atoms with van der Waals surface area (Å²) in [6, 6.07) is 3.45. The molecule has 1 atom stereocenters. The van der Waals surface area contributed by atoms with E-state index < -0.39 is 11.6 Å². The average molecular weight is 492 g/mol. The van der Waals surface area contributed by atoms with E-state index in [0.29, 0.717) is 42.1 Å². The summed E-state index contributed by atoms with van der Waals surface area (Å²) in [5, 5.41) is 14.8. The lowest BCUT2D eigenvalue weighted by Crippen LogP contribution is -2.44. The molecule has 3 aromatic rings. The summed E-state index contributed by atoms with van der Waals surface area (Å²) < 4.78 is 6.76. The van der Waals surface area contributed by atoms with Crippen molar-refractivity contribution in [2.75, 3.05) is 27.2 Å². The zero-order valence-electron chi connectivity index (χ0n) is 20.8. The Morgan fingerprint density at radius 3 is 2.72 bits per heavy atom. The van der Waals surface area contributed by atoms with Crippen molar-refractivity contribution in [2.45, 2.75) is 45.4 Å². The van der Waals surface area contributed by atoms with Crippen molar-refractivity contribution < 1.29 is 19.4 Å². The van der Waals surface area contributed by atoms with E-state index in [1.807, 2.05) is 25.9 Å². The second-order valence-electron chi connectivity index (χ2n) is 9.52. The Morgan fingerprint density at radius 2 is 2.03 bits per heavy atom. The maximum atomic E-state index is 13.4. The number of likely N-dealkylation sites (N-methyl/N-ethyl adjacent to an activating group) is 1. The molecule has 0 bridgehead atoms. The molecule has 2 aliphatic heterocycles. The smallest absolute Gasteiger partial charge is 0.343 e. The molecule has 0 radical (unpaired) electrons. The number of aryl methyl sites for hydroxylation is 1. The van der Waals surface area contributed by atoms with Gasteiger partial charge < -0.3 is 24.6 Å². The normalized spacial score (nSPS) is 18.1.